The third-order valence-electron chi connectivity index (χ3n) is 3.52. The van der Waals surface area contributed by atoms with Crippen molar-refractivity contribution in [1.82, 2.24) is 15.3 Å². The minimum absolute atomic E-state index is 0.140. The molecule has 5 heteroatoms. The lowest BCUT2D eigenvalue weighted by molar-refractivity contribution is 0.0953. The van der Waals surface area contributed by atoms with E-state index in [1.807, 2.05) is 30.3 Å². The maximum atomic E-state index is 12.0. The number of anilines is 1. The minimum atomic E-state index is -0.140. The van der Waals surface area contributed by atoms with Crippen molar-refractivity contribution in [2.75, 3.05) is 18.4 Å². The molecule has 23 heavy (non-hydrogen) atoms. The highest BCUT2D eigenvalue weighted by molar-refractivity contribution is 5.93. The number of nitrogens with zero attached hydrogens (tertiary/aromatic N) is 2. The van der Waals surface area contributed by atoms with Crippen LogP contribution in [-0.2, 0) is 6.42 Å². The average Bonchev–Trinajstić information content (AvgIpc) is 2.60. The first kappa shape index (κ1) is 16.9. The summed E-state index contributed by atoms with van der Waals surface area (Å²) in [7, 11) is 0. The zero-order valence-corrected chi connectivity index (χ0v) is 13.6. The summed E-state index contributed by atoms with van der Waals surface area (Å²) in [6.07, 6.45) is 7.41. The smallest absolute Gasteiger partial charge is 0.254 e. The van der Waals surface area contributed by atoms with Crippen LogP contribution in [0.15, 0.2) is 42.7 Å². The number of nitrogens with one attached hydrogen (secondary N) is 2. The molecule has 5 nitrogen and oxygen atoms in total. The fourth-order valence-corrected chi connectivity index (χ4v) is 2.18. The van der Waals surface area contributed by atoms with Gasteiger partial charge in [0.25, 0.3) is 5.91 Å². The van der Waals surface area contributed by atoms with Gasteiger partial charge in [-0.15, -0.1) is 0 Å². The number of amides is 1. The molecular weight excluding hydrogens is 288 g/mol. The van der Waals surface area contributed by atoms with Crippen LogP contribution < -0.4 is 10.6 Å². The van der Waals surface area contributed by atoms with E-state index in [1.54, 1.807) is 12.4 Å². The van der Waals surface area contributed by atoms with Crippen LogP contribution in [-0.4, -0.2) is 29.0 Å². The van der Waals surface area contributed by atoms with Crippen LogP contribution in [0.25, 0.3) is 0 Å². The quantitative estimate of drug-likeness (QED) is 0.698. The molecule has 1 aromatic heterocycles. The summed E-state index contributed by atoms with van der Waals surface area (Å²) in [5.41, 5.74) is 1.69. The van der Waals surface area contributed by atoms with Gasteiger partial charge in [0.1, 0.15) is 0 Å². The van der Waals surface area contributed by atoms with E-state index in [1.165, 1.54) is 18.4 Å². The molecule has 0 spiro atoms. The van der Waals surface area contributed by atoms with Gasteiger partial charge in [-0.05, 0) is 18.4 Å². The molecule has 0 saturated heterocycles. The Morgan fingerprint density at radius 1 is 1.04 bits per heavy atom. The van der Waals surface area contributed by atoms with E-state index < -0.39 is 0 Å². The van der Waals surface area contributed by atoms with Gasteiger partial charge in [0.2, 0.25) is 5.95 Å². The molecule has 2 aromatic rings. The van der Waals surface area contributed by atoms with Crippen molar-refractivity contribution >= 4 is 11.9 Å². The zero-order chi connectivity index (χ0) is 16.3. The Morgan fingerprint density at radius 2 is 1.78 bits per heavy atom. The zero-order valence-electron chi connectivity index (χ0n) is 13.6. The molecule has 0 aliphatic rings. The van der Waals surface area contributed by atoms with E-state index in [4.69, 9.17) is 0 Å². The van der Waals surface area contributed by atoms with Gasteiger partial charge < -0.3 is 10.6 Å². The van der Waals surface area contributed by atoms with Gasteiger partial charge in [-0.3, -0.25) is 4.79 Å². The van der Waals surface area contributed by atoms with E-state index >= 15 is 0 Å². The van der Waals surface area contributed by atoms with Gasteiger partial charge in [-0.1, -0.05) is 50.1 Å². The number of rotatable bonds is 9. The molecule has 0 saturated carbocycles. The van der Waals surface area contributed by atoms with Crippen LogP contribution in [0.1, 0.15) is 42.1 Å². The lowest BCUT2D eigenvalue weighted by Gasteiger charge is -2.06. The molecule has 0 bridgehead atoms. The van der Waals surface area contributed by atoms with E-state index in [2.05, 4.69) is 27.5 Å². The SMILES string of the molecule is CCCCCNc1ncc(C(=O)NCCc2ccccc2)cn1. The second-order valence-corrected chi connectivity index (χ2v) is 5.42. The maximum absolute atomic E-state index is 12.0. The summed E-state index contributed by atoms with van der Waals surface area (Å²) in [5, 5.41) is 6.04. The highest BCUT2D eigenvalue weighted by Gasteiger charge is 2.06. The van der Waals surface area contributed by atoms with Crippen molar-refractivity contribution in [1.29, 1.82) is 0 Å². The predicted octanol–water partition coefficient (Wildman–Crippen LogP) is 3.05. The number of carbonyl (C=O) groups is 1. The first-order chi connectivity index (χ1) is 11.3. The summed E-state index contributed by atoms with van der Waals surface area (Å²) in [6, 6.07) is 10.1. The van der Waals surface area contributed by atoms with Crippen LogP contribution in [0.3, 0.4) is 0 Å². The number of unbranched alkanes of at least 4 members (excludes halogenated alkanes) is 2. The van der Waals surface area contributed by atoms with Gasteiger partial charge in [0, 0.05) is 25.5 Å². The third-order valence-corrected chi connectivity index (χ3v) is 3.52. The molecule has 0 unspecified atom stereocenters. The fourth-order valence-electron chi connectivity index (χ4n) is 2.18. The Kier molecular flexibility index (Phi) is 7.04. The molecule has 0 aliphatic carbocycles. The largest absolute Gasteiger partial charge is 0.354 e. The van der Waals surface area contributed by atoms with Crippen LogP contribution in [0.4, 0.5) is 5.95 Å². The summed E-state index contributed by atoms with van der Waals surface area (Å²) in [6.45, 7) is 3.62. The van der Waals surface area contributed by atoms with Gasteiger partial charge >= 0.3 is 0 Å². The summed E-state index contributed by atoms with van der Waals surface area (Å²) in [5.74, 6) is 0.431. The molecule has 1 aromatic carbocycles. The number of carbonyl (C=O) groups excluding carboxylic acids is 1. The summed E-state index contributed by atoms with van der Waals surface area (Å²) >= 11 is 0. The second kappa shape index (κ2) is 9.56. The molecule has 0 atom stereocenters. The molecule has 122 valence electrons. The molecule has 1 heterocycles. The molecular formula is C18H24N4O. The number of hydrogen-bond donors (Lipinski definition) is 2. The third kappa shape index (κ3) is 6.06. The average molecular weight is 312 g/mol. The van der Waals surface area contributed by atoms with Crippen LogP contribution in [0.5, 0.6) is 0 Å². The standard InChI is InChI=1S/C18H24N4O/c1-2-3-7-11-20-18-21-13-16(14-22-18)17(23)19-12-10-15-8-5-4-6-9-15/h4-6,8-9,13-14H,2-3,7,10-12H2,1H3,(H,19,23)(H,20,21,22). The highest BCUT2D eigenvalue weighted by Crippen LogP contribution is 2.02. The molecule has 1 amide bonds. The number of aromatic nitrogens is 2. The van der Waals surface area contributed by atoms with Gasteiger partial charge in [0.05, 0.1) is 5.56 Å². The van der Waals surface area contributed by atoms with Crippen LogP contribution in [0.2, 0.25) is 0 Å². The normalized spacial score (nSPS) is 10.3. The molecule has 2 N–H and O–H groups in total. The van der Waals surface area contributed by atoms with E-state index in [0.717, 1.165) is 19.4 Å². The molecule has 2 rings (SSSR count). The topological polar surface area (TPSA) is 66.9 Å². The van der Waals surface area contributed by atoms with Crippen molar-refractivity contribution in [2.45, 2.75) is 32.6 Å². The van der Waals surface area contributed by atoms with Crippen LogP contribution >= 0.6 is 0 Å². The van der Waals surface area contributed by atoms with Gasteiger partial charge in [0.15, 0.2) is 0 Å². The van der Waals surface area contributed by atoms with E-state index in [9.17, 15) is 4.79 Å². The molecule has 0 aliphatic heterocycles. The lowest BCUT2D eigenvalue weighted by atomic mass is 10.1. The Morgan fingerprint density at radius 3 is 2.48 bits per heavy atom. The van der Waals surface area contributed by atoms with Crippen LogP contribution in [0, 0.1) is 0 Å². The Bertz CT molecular complexity index is 584. The first-order valence-corrected chi connectivity index (χ1v) is 8.17. The van der Waals surface area contributed by atoms with Gasteiger partial charge in [-0.2, -0.15) is 0 Å². The predicted molar refractivity (Wildman–Crippen MR) is 92.5 cm³/mol. The highest BCUT2D eigenvalue weighted by atomic mass is 16.1. The lowest BCUT2D eigenvalue weighted by Crippen LogP contribution is -2.26. The first-order valence-electron chi connectivity index (χ1n) is 8.17. The van der Waals surface area contributed by atoms with Crippen molar-refractivity contribution in [3.8, 4) is 0 Å². The second-order valence-electron chi connectivity index (χ2n) is 5.42. The van der Waals surface area contributed by atoms with Crippen molar-refractivity contribution in [2.24, 2.45) is 0 Å². The van der Waals surface area contributed by atoms with Crippen molar-refractivity contribution in [3.63, 3.8) is 0 Å². The van der Waals surface area contributed by atoms with Crippen molar-refractivity contribution < 1.29 is 4.79 Å². The van der Waals surface area contributed by atoms with E-state index in [-0.39, 0.29) is 5.91 Å². The Hall–Kier alpha value is -2.43. The summed E-state index contributed by atoms with van der Waals surface area (Å²) < 4.78 is 0. The summed E-state index contributed by atoms with van der Waals surface area (Å²) in [4.78, 5) is 20.4. The van der Waals surface area contributed by atoms with Gasteiger partial charge in [-0.25, -0.2) is 9.97 Å². The Labute approximate surface area is 137 Å². The molecule has 0 radical (unpaired) electrons. The van der Waals surface area contributed by atoms with Crippen molar-refractivity contribution in [3.05, 3.63) is 53.9 Å². The fraction of sp³-hybridized carbons (Fsp3) is 0.389. The molecule has 0 fully saturated rings. The van der Waals surface area contributed by atoms with E-state index in [0.29, 0.717) is 18.1 Å². The number of benzene rings is 1. The Balaban J connectivity index is 1.74. The monoisotopic (exact) mass is 312 g/mol. The number of hydrogen-bond acceptors (Lipinski definition) is 4. The maximum Gasteiger partial charge on any atom is 0.254 e. The minimum Gasteiger partial charge on any atom is -0.354 e.